The number of piperidine rings is 1. The lowest BCUT2D eigenvalue weighted by atomic mass is 9.86. The van der Waals surface area contributed by atoms with Gasteiger partial charge in [0.1, 0.15) is 0 Å². The molecular formula is C22H31N3OS. The third-order valence-corrected chi connectivity index (χ3v) is 7.75. The van der Waals surface area contributed by atoms with Crippen molar-refractivity contribution in [3.63, 3.8) is 0 Å². The van der Waals surface area contributed by atoms with E-state index in [0.29, 0.717) is 17.9 Å². The van der Waals surface area contributed by atoms with Gasteiger partial charge in [-0.3, -0.25) is 9.69 Å². The first kappa shape index (κ1) is 18.9. The van der Waals surface area contributed by atoms with Crippen molar-refractivity contribution in [2.75, 3.05) is 13.1 Å². The largest absolute Gasteiger partial charge is 0.352 e. The van der Waals surface area contributed by atoms with Gasteiger partial charge in [-0.2, -0.15) is 0 Å². The number of fused-ring (bicyclic) bond motifs is 1. The maximum absolute atomic E-state index is 12.8. The summed E-state index contributed by atoms with van der Waals surface area (Å²) in [7, 11) is 0. The van der Waals surface area contributed by atoms with Crippen LogP contribution in [0.1, 0.15) is 63.3 Å². The Morgan fingerprint density at radius 2 is 1.93 bits per heavy atom. The molecule has 1 saturated carbocycles. The van der Waals surface area contributed by atoms with Crippen molar-refractivity contribution in [3.8, 4) is 0 Å². The second-order valence-corrected chi connectivity index (χ2v) is 9.45. The van der Waals surface area contributed by atoms with Gasteiger partial charge in [-0.15, -0.1) is 11.3 Å². The number of hydrogen-bond donors (Lipinski definition) is 1. The SMILES string of the molecule is C[C@H](C(=O)N[C@H]1CCCC[C@@H]1C)N1CCC(c2nc3ccccc3s2)CC1. The maximum atomic E-state index is 12.8. The summed E-state index contributed by atoms with van der Waals surface area (Å²) in [4.78, 5) is 20.0. The van der Waals surface area contributed by atoms with E-state index in [-0.39, 0.29) is 11.9 Å². The Morgan fingerprint density at radius 1 is 1.19 bits per heavy atom. The van der Waals surface area contributed by atoms with Gasteiger partial charge in [-0.05, 0) is 63.7 Å². The van der Waals surface area contributed by atoms with Crippen LogP contribution in [-0.4, -0.2) is 41.0 Å². The summed E-state index contributed by atoms with van der Waals surface area (Å²) < 4.78 is 1.28. The molecular weight excluding hydrogens is 354 g/mol. The van der Waals surface area contributed by atoms with E-state index in [1.54, 1.807) is 0 Å². The van der Waals surface area contributed by atoms with Crippen molar-refractivity contribution in [2.45, 2.75) is 70.4 Å². The van der Waals surface area contributed by atoms with Crippen LogP contribution in [0.25, 0.3) is 10.2 Å². The molecule has 2 heterocycles. The molecule has 1 N–H and O–H groups in total. The van der Waals surface area contributed by atoms with Gasteiger partial charge < -0.3 is 5.32 Å². The lowest BCUT2D eigenvalue weighted by Gasteiger charge is -2.36. The number of aromatic nitrogens is 1. The third kappa shape index (κ3) is 4.19. The number of amides is 1. The van der Waals surface area contributed by atoms with Crippen LogP contribution in [0.2, 0.25) is 0 Å². The van der Waals surface area contributed by atoms with Crippen molar-refractivity contribution in [1.82, 2.24) is 15.2 Å². The fraction of sp³-hybridized carbons (Fsp3) is 0.636. The summed E-state index contributed by atoms with van der Waals surface area (Å²) in [6, 6.07) is 8.74. The first-order valence-electron chi connectivity index (χ1n) is 10.5. The van der Waals surface area contributed by atoms with Gasteiger partial charge in [0.25, 0.3) is 0 Å². The van der Waals surface area contributed by atoms with Crippen molar-refractivity contribution in [2.24, 2.45) is 5.92 Å². The number of para-hydroxylation sites is 1. The Kier molecular flexibility index (Phi) is 5.79. The molecule has 1 aliphatic heterocycles. The van der Waals surface area contributed by atoms with Gasteiger partial charge >= 0.3 is 0 Å². The van der Waals surface area contributed by atoms with Crippen molar-refractivity contribution >= 4 is 27.5 Å². The molecule has 1 saturated heterocycles. The Hall–Kier alpha value is -1.46. The fourth-order valence-corrected chi connectivity index (χ4v) is 5.73. The molecule has 1 amide bonds. The first-order chi connectivity index (χ1) is 13.1. The molecule has 0 radical (unpaired) electrons. The van der Waals surface area contributed by atoms with Crippen LogP contribution in [0.4, 0.5) is 0 Å². The van der Waals surface area contributed by atoms with Crippen LogP contribution in [0.15, 0.2) is 24.3 Å². The van der Waals surface area contributed by atoms with E-state index in [1.165, 1.54) is 29.0 Å². The van der Waals surface area contributed by atoms with Gasteiger partial charge in [0.15, 0.2) is 0 Å². The predicted octanol–water partition coefficient (Wildman–Crippen LogP) is 4.56. The Bertz CT molecular complexity index is 748. The summed E-state index contributed by atoms with van der Waals surface area (Å²) in [6.07, 6.45) is 7.13. The fourth-order valence-electron chi connectivity index (χ4n) is 4.60. The van der Waals surface area contributed by atoms with Gasteiger partial charge in [-0.1, -0.05) is 31.9 Å². The molecule has 1 aliphatic carbocycles. The first-order valence-corrected chi connectivity index (χ1v) is 11.3. The summed E-state index contributed by atoms with van der Waals surface area (Å²) in [5, 5.41) is 4.60. The number of benzene rings is 1. The lowest BCUT2D eigenvalue weighted by Crippen LogP contribution is -2.52. The number of carbonyl (C=O) groups excluding carboxylic acids is 1. The van der Waals surface area contributed by atoms with E-state index in [1.807, 2.05) is 11.3 Å². The minimum Gasteiger partial charge on any atom is -0.352 e. The van der Waals surface area contributed by atoms with E-state index < -0.39 is 0 Å². The van der Waals surface area contributed by atoms with Gasteiger partial charge in [0.2, 0.25) is 5.91 Å². The quantitative estimate of drug-likeness (QED) is 0.839. The van der Waals surface area contributed by atoms with Gasteiger partial charge in [-0.25, -0.2) is 4.98 Å². The molecule has 2 fully saturated rings. The normalized spacial score (nSPS) is 26.1. The zero-order valence-corrected chi connectivity index (χ0v) is 17.3. The molecule has 2 aliphatic rings. The maximum Gasteiger partial charge on any atom is 0.237 e. The molecule has 0 unspecified atom stereocenters. The number of thiazole rings is 1. The summed E-state index contributed by atoms with van der Waals surface area (Å²) in [5.74, 6) is 1.36. The molecule has 146 valence electrons. The van der Waals surface area contributed by atoms with Crippen molar-refractivity contribution in [3.05, 3.63) is 29.3 Å². The second-order valence-electron chi connectivity index (χ2n) is 8.38. The molecule has 4 nitrogen and oxygen atoms in total. The predicted molar refractivity (Wildman–Crippen MR) is 112 cm³/mol. The average molecular weight is 386 g/mol. The van der Waals surface area contributed by atoms with Crippen LogP contribution in [0.5, 0.6) is 0 Å². The summed E-state index contributed by atoms with van der Waals surface area (Å²) in [5.41, 5.74) is 1.12. The molecule has 0 bridgehead atoms. The molecule has 0 spiro atoms. The number of carbonyl (C=O) groups is 1. The van der Waals surface area contributed by atoms with Crippen LogP contribution >= 0.6 is 11.3 Å². The Morgan fingerprint density at radius 3 is 2.67 bits per heavy atom. The molecule has 1 aromatic carbocycles. The highest BCUT2D eigenvalue weighted by atomic mass is 32.1. The molecule has 1 aromatic heterocycles. The third-order valence-electron chi connectivity index (χ3n) is 6.56. The number of nitrogens with zero attached hydrogens (tertiary/aromatic N) is 2. The standard InChI is InChI=1S/C22H31N3OS/c1-15-7-3-4-8-18(15)23-21(26)16(2)25-13-11-17(12-14-25)22-24-19-9-5-6-10-20(19)27-22/h5-6,9-10,15-18H,3-4,7-8,11-14H2,1-2H3,(H,23,26)/t15-,16+,18-/m0/s1. The van der Waals surface area contributed by atoms with E-state index in [2.05, 4.69) is 48.3 Å². The van der Waals surface area contributed by atoms with Gasteiger partial charge in [0, 0.05) is 12.0 Å². The number of rotatable bonds is 4. The number of nitrogens with one attached hydrogen (secondary N) is 1. The van der Waals surface area contributed by atoms with E-state index in [4.69, 9.17) is 4.98 Å². The van der Waals surface area contributed by atoms with Crippen molar-refractivity contribution < 1.29 is 4.79 Å². The molecule has 3 atom stereocenters. The minimum atomic E-state index is -0.0320. The summed E-state index contributed by atoms with van der Waals surface area (Å²) in [6.45, 7) is 6.31. The van der Waals surface area contributed by atoms with Gasteiger partial charge in [0.05, 0.1) is 21.3 Å². The van der Waals surface area contributed by atoms with E-state index >= 15 is 0 Å². The minimum absolute atomic E-state index is 0.0320. The van der Waals surface area contributed by atoms with Crippen LogP contribution in [0, 0.1) is 5.92 Å². The molecule has 4 rings (SSSR count). The molecule has 5 heteroatoms. The Balaban J connectivity index is 1.32. The topological polar surface area (TPSA) is 45.2 Å². The van der Waals surface area contributed by atoms with E-state index in [0.717, 1.165) is 37.9 Å². The van der Waals surface area contributed by atoms with Crippen molar-refractivity contribution in [1.29, 1.82) is 0 Å². The zero-order chi connectivity index (χ0) is 18.8. The van der Waals surface area contributed by atoms with Crippen LogP contribution < -0.4 is 5.32 Å². The second kappa shape index (κ2) is 8.27. The summed E-state index contributed by atoms with van der Waals surface area (Å²) >= 11 is 1.83. The average Bonchev–Trinajstić information content (AvgIpc) is 3.13. The zero-order valence-electron chi connectivity index (χ0n) is 16.5. The highest BCUT2D eigenvalue weighted by Gasteiger charge is 2.31. The molecule has 27 heavy (non-hydrogen) atoms. The highest BCUT2D eigenvalue weighted by molar-refractivity contribution is 7.18. The van der Waals surface area contributed by atoms with Crippen LogP contribution in [0.3, 0.4) is 0 Å². The monoisotopic (exact) mass is 385 g/mol. The Labute approximate surface area is 166 Å². The van der Waals surface area contributed by atoms with E-state index in [9.17, 15) is 4.79 Å². The number of hydrogen-bond acceptors (Lipinski definition) is 4. The highest BCUT2D eigenvalue weighted by Crippen LogP contribution is 2.34. The lowest BCUT2D eigenvalue weighted by molar-refractivity contribution is -0.127. The molecule has 2 aromatic rings. The van der Waals surface area contributed by atoms with Crippen LogP contribution in [-0.2, 0) is 4.79 Å². The smallest absolute Gasteiger partial charge is 0.237 e. The number of likely N-dealkylation sites (tertiary alicyclic amines) is 1.